The first-order valence-corrected chi connectivity index (χ1v) is 11.3. The molecule has 3 heterocycles. The number of carbonyl (C=O) groups excluding carboxylic acids is 1. The summed E-state index contributed by atoms with van der Waals surface area (Å²) >= 11 is 0. The Hall–Kier alpha value is -3.46. The highest BCUT2D eigenvalue weighted by molar-refractivity contribution is 5.77. The molecule has 0 spiro atoms. The van der Waals surface area contributed by atoms with Crippen LogP contribution in [0.15, 0.2) is 36.7 Å². The smallest absolute Gasteiger partial charge is 0.222 e. The van der Waals surface area contributed by atoms with Crippen LogP contribution in [0, 0.1) is 0 Å². The number of nitrogens with zero attached hydrogens (tertiary/aromatic N) is 5. The number of amides is 1. The third-order valence-electron chi connectivity index (χ3n) is 6.06. The zero-order chi connectivity index (χ0) is 23.6. The molecule has 0 atom stereocenters. The highest BCUT2D eigenvalue weighted by Gasteiger charge is 2.36. The van der Waals surface area contributed by atoms with Gasteiger partial charge in [-0.15, -0.1) is 0 Å². The molecule has 1 aromatic carbocycles. The molecule has 3 aromatic rings. The molecule has 1 aliphatic rings. The van der Waals surface area contributed by atoms with Crippen molar-refractivity contribution in [3.05, 3.63) is 42.2 Å². The van der Waals surface area contributed by atoms with Crippen LogP contribution in [0.3, 0.4) is 0 Å². The third kappa shape index (κ3) is 4.68. The average Bonchev–Trinajstić information content (AvgIpc) is 3.29. The predicted octanol–water partition coefficient (Wildman–Crippen LogP) is 2.67. The van der Waals surface area contributed by atoms with Crippen LogP contribution in [-0.4, -0.2) is 63.0 Å². The Morgan fingerprint density at radius 3 is 2.61 bits per heavy atom. The fourth-order valence-electron chi connectivity index (χ4n) is 4.31. The predicted molar refractivity (Wildman–Crippen MR) is 131 cm³/mol. The van der Waals surface area contributed by atoms with E-state index >= 15 is 0 Å². The molecule has 0 saturated carbocycles. The molecule has 1 saturated heterocycles. The van der Waals surface area contributed by atoms with Crippen LogP contribution in [0.5, 0.6) is 0 Å². The van der Waals surface area contributed by atoms with Crippen LogP contribution in [-0.2, 0) is 11.3 Å². The number of carbonyl (C=O) groups is 1. The number of rotatable bonds is 6. The lowest BCUT2D eigenvalue weighted by atomic mass is 9.98. The maximum Gasteiger partial charge on any atom is 0.222 e. The monoisotopic (exact) mass is 448 g/mol. The van der Waals surface area contributed by atoms with E-state index in [0.29, 0.717) is 43.4 Å². The van der Waals surface area contributed by atoms with E-state index in [-0.39, 0.29) is 11.4 Å². The number of nitrogens with two attached hydrogens (primary N) is 1. The zero-order valence-electron chi connectivity index (χ0n) is 19.7. The van der Waals surface area contributed by atoms with Gasteiger partial charge in [0.2, 0.25) is 5.91 Å². The Labute approximate surface area is 194 Å². The van der Waals surface area contributed by atoms with E-state index in [1.807, 2.05) is 18.9 Å². The standard InChI is InChI=1S/C24H32N8O/c1-5-20(33)32-11-10-31(15-24(32,2)3)19-14-27-22(25)21(30-19)23-28-13-18(29-23)17-8-6-16(7-9-17)12-26-4/h6-9,13-14,26H,5,10-12,15H2,1-4H3,(H2,25,27)(H,28,29). The van der Waals surface area contributed by atoms with Crippen LogP contribution >= 0.6 is 0 Å². The lowest BCUT2D eigenvalue weighted by Gasteiger charge is -2.47. The highest BCUT2D eigenvalue weighted by Crippen LogP contribution is 2.29. The van der Waals surface area contributed by atoms with Crippen LogP contribution in [0.1, 0.15) is 32.8 Å². The first-order valence-electron chi connectivity index (χ1n) is 11.3. The van der Waals surface area contributed by atoms with E-state index in [2.05, 4.69) is 63.3 Å². The number of H-pyrrole nitrogens is 1. The summed E-state index contributed by atoms with van der Waals surface area (Å²) in [5, 5.41) is 3.15. The molecule has 0 aliphatic carbocycles. The fraction of sp³-hybridized carbons (Fsp3) is 0.417. The Morgan fingerprint density at radius 2 is 1.94 bits per heavy atom. The van der Waals surface area contributed by atoms with Gasteiger partial charge in [0.1, 0.15) is 5.82 Å². The van der Waals surface area contributed by atoms with Gasteiger partial charge in [-0.25, -0.2) is 15.0 Å². The Kier molecular flexibility index (Phi) is 6.33. The molecule has 4 rings (SSSR count). The zero-order valence-corrected chi connectivity index (χ0v) is 19.7. The SMILES string of the molecule is CCC(=O)N1CCN(c2cnc(N)c(-c3ncc(-c4ccc(CNC)cc4)[nH]3)n2)CC1(C)C. The molecule has 0 radical (unpaired) electrons. The molecule has 1 aliphatic heterocycles. The van der Waals surface area contributed by atoms with Gasteiger partial charge in [0.25, 0.3) is 0 Å². The van der Waals surface area contributed by atoms with Crippen LogP contribution < -0.4 is 16.0 Å². The van der Waals surface area contributed by atoms with Crippen molar-refractivity contribution in [2.75, 3.05) is 37.3 Å². The number of aromatic nitrogens is 4. The molecular weight excluding hydrogens is 416 g/mol. The van der Waals surface area contributed by atoms with Crippen LogP contribution in [0.2, 0.25) is 0 Å². The van der Waals surface area contributed by atoms with Crippen molar-refractivity contribution in [2.24, 2.45) is 0 Å². The first-order chi connectivity index (χ1) is 15.8. The summed E-state index contributed by atoms with van der Waals surface area (Å²) in [6.45, 7) is 8.89. The van der Waals surface area contributed by atoms with Crippen molar-refractivity contribution in [1.82, 2.24) is 30.2 Å². The molecule has 174 valence electrons. The number of anilines is 2. The summed E-state index contributed by atoms with van der Waals surface area (Å²) < 4.78 is 0. The van der Waals surface area contributed by atoms with Gasteiger partial charge in [0, 0.05) is 32.6 Å². The summed E-state index contributed by atoms with van der Waals surface area (Å²) in [6.07, 6.45) is 3.99. The van der Waals surface area contributed by atoms with Crippen molar-refractivity contribution in [3.8, 4) is 22.8 Å². The maximum absolute atomic E-state index is 12.3. The maximum atomic E-state index is 12.3. The molecule has 9 nitrogen and oxygen atoms in total. The van der Waals surface area contributed by atoms with E-state index in [4.69, 9.17) is 10.7 Å². The number of hydrogen-bond donors (Lipinski definition) is 3. The van der Waals surface area contributed by atoms with Crippen molar-refractivity contribution in [3.63, 3.8) is 0 Å². The number of nitrogens with one attached hydrogen (secondary N) is 2. The summed E-state index contributed by atoms with van der Waals surface area (Å²) in [4.78, 5) is 33.5. The second kappa shape index (κ2) is 9.19. The normalized spacial score (nSPS) is 15.6. The number of benzene rings is 1. The highest BCUT2D eigenvalue weighted by atomic mass is 16.2. The topological polar surface area (TPSA) is 116 Å². The Bertz CT molecular complexity index is 1120. The Morgan fingerprint density at radius 1 is 1.18 bits per heavy atom. The van der Waals surface area contributed by atoms with Gasteiger partial charge >= 0.3 is 0 Å². The summed E-state index contributed by atoms with van der Waals surface area (Å²) in [6, 6.07) is 8.31. The van der Waals surface area contributed by atoms with Gasteiger partial charge in [-0.05, 0) is 32.0 Å². The van der Waals surface area contributed by atoms with E-state index in [9.17, 15) is 4.79 Å². The molecule has 33 heavy (non-hydrogen) atoms. The van der Waals surface area contributed by atoms with E-state index in [0.717, 1.165) is 23.6 Å². The molecule has 1 amide bonds. The van der Waals surface area contributed by atoms with Crippen molar-refractivity contribution < 1.29 is 4.79 Å². The van der Waals surface area contributed by atoms with E-state index < -0.39 is 0 Å². The van der Waals surface area contributed by atoms with E-state index in [1.54, 1.807) is 12.4 Å². The largest absolute Gasteiger partial charge is 0.382 e. The average molecular weight is 449 g/mol. The summed E-state index contributed by atoms with van der Waals surface area (Å²) in [5.74, 6) is 1.80. The number of hydrogen-bond acceptors (Lipinski definition) is 7. The Balaban J connectivity index is 1.57. The van der Waals surface area contributed by atoms with Crippen molar-refractivity contribution in [2.45, 2.75) is 39.3 Å². The summed E-state index contributed by atoms with van der Waals surface area (Å²) in [5.41, 5.74) is 9.54. The molecular formula is C24H32N8O. The number of piperazine rings is 1. The van der Waals surface area contributed by atoms with Gasteiger partial charge in [0.15, 0.2) is 17.3 Å². The minimum absolute atomic E-state index is 0.172. The van der Waals surface area contributed by atoms with Crippen molar-refractivity contribution >= 4 is 17.5 Å². The molecule has 4 N–H and O–H groups in total. The molecule has 0 unspecified atom stereocenters. The lowest BCUT2D eigenvalue weighted by Crippen LogP contribution is -2.61. The summed E-state index contributed by atoms with van der Waals surface area (Å²) in [7, 11) is 1.93. The van der Waals surface area contributed by atoms with Gasteiger partial charge < -0.3 is 25.8 Å². The van der Waals surface area contributed by atoms with Crippen LogP contribution in [0.25, 0.3) is 22.8 Å². The minimum Gasteiger partial charge on any atom is -0.382 e. The van der Waals surface area contributed by atoms with Gasteiger partial charge in [0.05, 0.1) is 23.6 Å². The van der Waals surface area contributed by atoms with Crippen molar-refractivity contribution in [1.29, 1.82) is 0 Å². The third-order valence-corrected chi connectivity index (χ3v) is 6.06. The molecule has 0 bridgehead atoms. The molecule has 9 heteroatoms. The second-order valence-corrected chi connectivity index (χ2v) is 8.97. The minimum atomic E-state index is -0.300. The van der Waals surface area contributed by atoms with E-state index in [1.165, 1.54) is 5.56 Å². The number of aromatic amines is 1. The number of nitrogen functional groups attached to an aromatic ring is 1. The van der Waals surface area contributed by atoms with Gasteiger partial charge in [-0.1, -0.05) is 31.2 Å². The fourth-order valence-corrected chi connectivity index (χ4v) is 4.31. The quantitative estimate of drug-likeness (QED) is 0.531. The first kappa shape index (κ1) is 22.7. The second-order valence-electron chi connectivity index (χ2n) is 8.97. The van der Waals surface area contributed by atoms with Gasteiger partial charge in [-0.3, -0.25) is 4.79 Å². The lowest BCUT2D eigenvalue weighted by molar-refractivity contribution is -0.136. The molecule has 1 fully saturated rings. The molecule has 2 aromatic heterocycles. The van der Waals surface area contributed by atoms with Gasteiger partial charge in [-0.2, -0.15) is 0 Å². The van der Waals surface area contributed by atoms with Crippen LogP contribution in [0.4, 0.5) is 11.6 Å². The number of imidazole rings is 1.